The molecule has 5 nitrogen and oxygen atoms in total. The molecule has 0 atom stereocenters. The Kier molecular flexibility index (Phi) is 6.92. The van der Waals surface area contributed by atoms with Gasteiger partial charge in [0, 0.05) is 0 Å². The molecule has 2 aromatic carbocycles. The fourth-order valence-corrected chi connectivity index (χ4v) is 2.79. The van der Waals surface area contributed by atoms with E-state index in [9.17, 15) is 4.79 Å². The van der Waals surface area contributed by atoms with Gasteiger partial charge in [-0.1, -0.05) is 25.1 Å². The van der Waals surface area contributed by atoms with Crippen LogP contribution in [0.25, 0.3) is 0 Å². The van der Waals surface area contributed by atoms with Crippen LogP contribution in [0.3, 0.4) is 0 Å². The summed E-state index contributed by atoms with van der Waals surface area (Å²) in [5.74, 6) is 0.194. The fraction of sp³-hybridized carbons (Fsp3) is 0.167. The molecule has 2 N–H and O–H groups in total. The molecule has 0 saturated heterocycles. The lowest BCUT2D eigenvalue weighted by Gasteiger charge is -2.12. The smallest absolute Gasteiger partial charge is 0.264 e. The van der Waals surface area contributed by atoms with Crippen molar-refractivity contribution in [3.8, 4) is 11.8 Å². The largest absolute Gasteiger partial charge is 0.483 e. The number of hydrogen-bond acceptors (Lipinski definition) is 4. The van der Waals surface area contributed by atoms with Crippen molar-refractivity contribution >= 4 is 44.9 Å². The minimum Gasteiger partial charge on any atom is -0.483 e. The van der Waals surface area contributed by atoms with Crippen molar-refractivity contribution in [2.45, 2.75) is 13.3 Å². The summed E-state index contributed by atoms with van der Waals surface area (Å²) in [5.41, 5.74) is 2.15. The number of rotatable bonds is 5. The highest BCUT2D eigenvalue weighted by atomic mass is 79.9. The second kappa shape index (κ2) is 9.16. The van der Waals surface area contributed by atoms with Gasteiger partial charge in [-0.3, -0.25) is 10.1 Å². The molecule has 25 heavy (non-hydrogen) atoms. The Hall–Kier alpha value is -2.43. The molecule has 0 aliphatic rings. The molecule has 0 unspecified atom stereocenters. The number of anilines is 1. The van der Waals surface area contributed by atoms with Crippen molar-refractivity contribution in [3.63, 3.8) is 0 Å². The quantitative estimate of drug-likeness (QED) is 0.724. The first-order chi connectivity index (χ1) is 12.0. The van der Waals surface area contributed by atoms with Crippen LogP contribution in [-0.2, 0) is 11.2 Å². The summed E-state index contributed by atoms with van der Waals surface area (Å²) in [6.07, 6.45) is 0.920. The average molecular weight is 418 g/mol. The van der Waals surface area contributed by atoms with E-state index < -0.39 is 5.91 Å². The molecule has 0 spiro atoms. The van der Waals surface area contributed by atoms with Crippen molar-refractivity contribution in [1.29, 1.82) is 5.26 Å². The number of nitrogens with zero attached hydrogens (tertiary/aromatic N) is 1. The van der Waals surface area contributed by atoms with Gasteiger partial charge in [-0.05, 0) is 64.4 Å². The third-order valence-electron chi connectivity index (χ3n) is 3.31. The van der Waals surface area contributed by atoms with Crippen molar-refractivity contribution in [2.24, 2.45) is 0 Å². The molecule has 7 heteroatoms. The summed E-state index contributed by atoms with van der Waals surface area (Å²) < 4.78 is 6.29. The number of nitrogens with one attached hydrogen (secondary N) is 2. The van der Waals surface area contributed by atoms with E-state index >= 15 is 0 Å². The molecule has 0 saturated carbocycles. The molecule has 0 aliphatic carbocycles. The van der Waals surface area contributed by atoms with E-state index in [1.165, 1.54) is 5.56 Å². The van der Waals surface area contributed by atoms with Gasteiger partial charge in [0.1, 0.15) is 11.8 Å². The van der Waals surface area contributed by atoms with E-state index in [1.54, 1.807) is 24.3 Å². The van der Waals surface area contributed by atoms with Crippen LogP contribution in [-0.4, -0.2) is 17.6 Å². The molecular formula is C18H16BrN3O2S. The number of amides is 1. The first kappa shape index (κ1) is 18.9. The average Bonchev–Trinajstić information content (AvgIpc) is 2.60. The number of benzene rings is 2. The summed E-state index contributed by atoms with van der Waals surface area (Å²) in [6, 6.07) is 14.7. The van der Waals surface area contributed by atoms with E-state index in [-0.39, 0.29) is 11.7 Å². The summed E-state index contributed by atoms with van der Waals surface area (Å²) >= 11 is 8.52. The number of halogens is 1. The second-order valence-electron chi connectivity index (χ2n) is 5.07. The highest BCUT2D eigenvalue weighted by Crippen LogP contribution is 2.26. The second-order valence-corrected chi connectivity index (χ2v) is 6.33. The van der Waals surface area contributed by atoms with Gasteiger partial charge in [0.25, 0.3) is 5.91 Å². The third kappa shape index (κ3) is 5.55. The zero-order valence-corrected chi connectivity index (χ0v) is 15.9. The Balaban J connectivity index is 1.88. The molecule has 0 aliphatic heterocycles. The van der Waals surface area contributed by atoms with Gasteiger partial charge in [-0.15, -0.1) is 0 Å². The third-order valence-corrected chi connectivity index (χ3v) is 4.14. The number of para-hydroxylation sites is 1. The van der Waals surface area contributed by atoms with Gasteiger partial charge in [0.15, 0.2) is 11.7 Å². The molecule has 1 amide bonds. The number of hydrogen-bond donors (Lipinski definition) is 2. The topological polar surface area (TPSA) is 74.2 Å². The minimum atomic E-state index is -0.390. The molecule has 0 heterocycles. The van der Waals surface area contributed by atoms with E-state index in [0.717, 1.165) is 10.9 Å². The summed E-state index contributed by atoms with van der Waals surface area (Å²) in [5, 5.41) is 14.5. The van der Waals surface area contributed by atoms with Crippen LogP contribution in [0.1, 0.15) is 18.1 Å². The van der Waals surface area contributed by atoms with Crippen LogP contribution in [0.5, 0.6) is 5.75 Å². The zero-order chi connectivity index (χ0) is 18.2. The predicted molar refractivity (Wildman–Crippen MR) is 105 cm³/mol. The highest BCUT2D eigenvalue weighted by molar-refractivity contribution is 9.10. The lowest BCUT2D eigenvalue weighted by Crippen LogP contribution is -2.37. The van der Waals surface area contributed by atoms with E-state index in [4.69, 9.17) is 22.2 Å². The number of nitriles is 1. The number of carbonyl (C=O) groups is 1. The van der Waals surface area contributed by atoms with Crippen LogP contribution in [0.4, 0.5) is 5.69 Å². The first-order valence-corrected chi connectivity index (χ1v) is 8.74. The number of ether oxygens (including phenoxy) is 1. The van der Waals surface area contributed by atoms with Gasteiger partial charge in [0.2, 0.25) is 0 Å². The molecule has 0 fully saturated rings. The Morgan fingerprint density at radius 3 is 2.76 bits per heavy atom. The highest BCUT2D eigenvalue weighted by Gasteiger charge is 2.09. The van der Waals surface area contributed by atoms with Gasteiger partial charge in [-0.25, -0.2) is 0 Å². The van der Waals surface area contributed by atoms with Crippen LogP contribution >= 0.6 is 28.1 Å². The maximum atomic E-state index is 12.0. The molecule has 0 radical (unpaired) electrons. The van der Waals surface area contributed by atoms with E-state index in [2.05, 4.69) is 39.6 Å². The van der Waals surface area contributed by atoms with Crippen LogP contribution in [0.2, 0.25) is 0 Å². The Morgan fingerprint density at radius 2 is 2.08 bits per heavy atom. The normalized spacial score (nSPS) is 9.80. The van der Waals surface area contributed by atoms with Crippen molar-refractivity contribution in [1.82, 2.24) is 5.32 Å². The number of carbonyl (C=O) groups excluding carboxylic acids is 1. The van der Waals surface area contributed by atoms with Crippen LogP contribution in [0, 0.1) is 11.3 Å². The zero-order valence-electron chi connectivity index (χ0n) is 13.5. The SMILES string of the molecule is CCc1ccc(OCC(=O)NC(=S)Nc2ccccc2C#N)c(Br)c1. The number of aryl methyl sites for hydroxylation is 1. The Morgan fingerprint density at radius 1 is 1.32 bits per heavy atom. The van der Waals surface area contributed by atoms with Crippen LogP contribution in [0.15, 0.2) is 46.9 Å². The first-order valence-electron chi connectivity index (χ1n) is 7.54. The minimum absolute atomic E-state index is 0.108. The summed E-state index contributed by atoms with van der Waals surface area (Å²) in [7, 11) is 0. The summed E-state index contributed by atoms with van der Waals surface area (Å²) in [4.78, 5) is 12.0. The van der Waals surface area contributed by atoms with Crippen molar-refractivity contribution in [3.05, 3.63) is 58.1 Å². The lowest BCUT2D eigenvalue weighted by molar-refractivity contribution is -0.121. The van der Waals surface area contributed by atoms with Gasteiger partial charge < -0.3 is 10.1 Å². The maximum absolute atomic E-state index is 12.0. The number of thiocarbonyl (C=S) groups is 1. The van der Waals surface area contributed by atoms with Gasteiger partial charge in [0.05, 0.1) is 15.7 Å². The van der Waals surface area contributed by atoms with E-state index in [0.29, 0.717) is 17.0 Å². The standard InChI is InChI=1S/C18H16BrN3O2S/c1-2-12-7-8-16(14(19)9-12)24-11-17(23)22-18(25)21-15-6-4-3-5-13(15)10-20/h3-9H,2,11H2,1H3,(H2,21,22,23,25). The fourth-order valence-electron chi connectivity index (χ4n) is 2.03. The molecule has 2 aromatic rings. The van der Waals surface area contributed by atoms with E-state index in [1.807, 2.05) is 18.2 Å². The predicted octanol–water partition coefficient (Wildman–Crippen LogP) is 3.78. The molecule has 128 valence electrons. The molecule has 0 bridgehead atoms. The Labute approximate surface area is 160 Å². The molecular weight excluding hydrogens is 402 g/mol. The lowest BCUT2D eigenvalue weighted by atomic mass is 10.2. The maximum Gasteiger partial charge on any atom is 0.264 e. The van der Waals surface area contributed by atoms with Gasteiger partial charge in [-0.2, -0.15) is 5.26 Å². The summed E-state index contributed by atoms with van der Waals surface area (Å²) in [6.45, 7) is 1.89. The monoisotopic (exact) mass is 417 g/mol. The van der Waals surface area contributed by atoms with Crippen molar-refractivity contribution in [2.75, 3.05) is 11.9 Å². The van der Waals surface area contributed by atoms with Crippen molar-refractivity contribution < 1.29 is 9.53 Å². The molecule has 0 aromatic heterocycles. The molecule has 2 rings (SSSR count). The van der Waals surface area contributed by atoms with Gasteiger partial charge >= 0.3 is 0 Å². The van der Waals surface area contributed by atoms with Crippen LogP contribution < -0.4 is 15.4 Å². The Bertz CT molecular complexity index is 833.